The minimum atomic E-state index is -1.04. The van der Waals surface area contributed by atoms with Gasteiger partial charge in [-0.15, -0.1) is 0 Å². The summed E-state index contributed by atoms with van der Waals surface area (Å²) >= 11 is 0. The van der Waals surface area contributed by atoms with E-state index >= 15 is 0 Å². The van der Waals surface area contributed by atoms with Gasteiger partial charge in [-0.1, -0.05) is 19.8 Å². The lowest BCUT2D eigenvalue weighted by atomic mass is 9.85. The number of carboxylic acids is 1. The predicted octanol–water partition coefficient (Wildman–Crippen LogP) is 3.33. The third-order valence-electron chi connectivity index (χ3n) is 5.15. The molecule has 1 aromatic rings. The molecule has 1 aromatic heterocycles. The molecule has 5 heteroatoms. The highest BCUT2D eigenvalue weighted by atomic mass is 16.4. The first-order valence-corrected chi connectivity index (χ1v) is 8.21. The third kappa shape index (κ3) is 2.42. The number of furan rings is 1. The summed E-state index contributed by atoms with van der Waals surface area (Å²) in [6.07, 6.45) is 6.17. The SMILES string of the molecule is CCc1oc(C(=O)N2C(C)CC3CCCCC32)cc1C(=O)O. The Balaban J connectivity index is 1.88. The zero-order valence-electron chi connectivity index (χ0n) is 13.2. The number of carbonyl (C=O) groups excluding carboxylic acids is 1. The van der Waals surface area contributed by atoms with Crippen molar-refractivity contribution >= 4 is 11.9 Å². The van der Waals surface area contributed by atoms with E-state index in [0.29, 0.717) is 24.1 Å². The second kappa shape index (κ2) is 5.78. The normalized spacial score (nSPS) is 27.7. The Hall–Kier alpha value is -1.78. The second-order valence-corrected chi connectivity index (χ2v) is 6.52. The van der Waals surface area contributed by atoms with E-state index in [1.807, 2.05) is 11.8 Å². The number of hydrogen-bond acceptors (Lipinski definition) is 3. The lowest BCUT2D eigenvalue weighted by Crippen LogP contribution is -2.42. The van der Waals surface area contributed by atoms with Gasteiger partial charge in [0.2, 0.25) is 0 Å². The molecule has 2 aliphatic rings. The Labute approximate surface area is 130 Å². The summed E-state index contributed by atoms with van der Waals surface area (Å²) in [5.41, 5.74) is 0.109. The first-order chi connectivity index (χ1) is 10.5. The van der Waals surface area contributed by atoms with Crippen LogP contribution in [0.4, 0.5) is 0 Å². The van der Waals surface area contributed by atoms with Crippen LogP contribution in [-0.2, 0) is 6.42 Å². The predicted molar refractivity (Wildman–Crippen MR) is 81.0 cm³/mol. The Morgan fingerprint density at radius 1 is 1.36 bits per heavy atom. The number of carboxylic acid groups (broad SMARTS) is 1. The van der Waals surface area contributed by atoms with Crippen LogP contribution in [0, 0.1) is 5.92 Å². The highest BCUT2D eigenvalue weighted by Gasteiger charge is 2.43. The number of nitrogens with zero attached hydrogens (tertiary/aromatic N) is 1. The smallest absolute Gasteiger partial charge is 0.339 e. The summed E-state index contributed by atoms with van der Waals surface area (Å²) in [5.74, 6) is -0.0452. The molecule has 1 amide bonds. The highest BCUT2D eigenvalue weighted by Crippen LogP contribution is 2.40. The molecular weight excluding hydrogens is 282 g/mol. The van der Waals surface area contributed by atoms with E-state index in [2.05, 4.69) is 6.92 Å². The van der Waals surface area contributed by atoms with E-state index in [-0.39, 0.29) is 23.3 Å². The molecule has 0 spiro atoms. The molecule has 1 saturated heterocycles. The molecule has 3 rings (SSSR count). The Bertz CT molecular complexity index is 591. The summed E-state index contributed by atoms with van der Waals surface area (Å²) in [5, 5.41) is 9.21. The third-order valence-corrected chi connectivity index (χ3v) is 5.15. The summed E-state index contributed by atoms with van der Waals surface area (Å²) in [4.78, 5) is 26.0. The van der Waals surface area contributed by atoms with Crippen LogP contribution >= 0.6 is 0 Å². The number of fused-ring (bicyclic) bond motifs is 1. The van der Waals surface area contributed by atoms with E-state index in [1.54, 1.807) is 0 Å². The molecule has 0 radical (unpaired) electrons. The largest absolute Gasteiger partial charge is 0.478 e. The molecule has 5 nitrogen and oxygen atoms in total. The number of aryl methyl sites for hydroxylation is 1. The zero-order valence-corrected chi connectivity index (χ0v) is 13.2. The van der Waals surface area contributed by atoms with Crippen molar-refractivity contribution in [2.45, 2.75) is 64.5 Å². The van der Waals surface area contributed by atoms with Gasteiger partial charge in [0.25, 0.3) is 5.91 Å². The molecule has 1 saturated carbocycles. The number of amides is 1. The van der Waals surface area contributed by atoms with Crippen molar-refractivity contribution in [2.75, 3.05) is 0 Å². The number of rotatable bonds is 3. The lowest BCUT2D eigenvalue weighted by Gasteiger charge is -2.32. The van der Waals surface area contributed by atoms with Crippen molar-refractivity contribution in [3.05, 3.63) is 23.2 Å². The van der Waals surface area contributed by atoms with Gasteiger partial charge in [-0.3, -0.25) is 4.79 Å². The molecule has 1 N–H and O–H groups in total. The zero-order chi connectivity index (χ0) is 15.9. The maximum absolute atomic E-state index is 12.9. The number of aromatic carboxylic acids is 1. The van der Waals surface area contributed by atoms with Crippen LogP contribution in [0.15, 0.2) is 10.5 Å². The number of likely N-dealkylation sites (tertiary alicyclic amines) is 1. The summed E-state index contributed by atoms with van der Waals surface area (Å²) < 4.78 is 5.56. The van der Waals surface area contributed by atoms with Gasteiger partial charge in [0.1, 0.15) is 11.3 Å². The first-order valence-electron chi connectivity index (χ1n) is 8.21. The average molecular weight is 305 g/mol. The Morgan fingerprint density at radius 3 is 2.73 bits per heavy atom. The fourth-order valence-corrected chi connectivity index (χ4v) is 4.16. The monoisotopic (exact) mass is 305 g/mol. The summed E-state index contributed by atoms with van der Waals surface area (Å²) in [7, 11) is 0. The van der Waals surface area contributed by atoms with Gasteiger partial charge >= 0.3 is 5.97 Å². The van der Waals surface area contributed by atoms with Crippen LogP contribution in [-0.4, -0.2) is 34.0 Å². The molecule has 2 fully saturated rings. The maximum atomic E-state index is 12.9. The molecule has 0 bridgehead atoms. The van der Waals surface area contributed by atoms with Gasteiger partial charge in [-0.2, -0.15) is 0 Å². The van der Waals surface area contributed by atoms with Crippen LogP contribution in [0.1, 0.15) is 72.6 Å². The van der Waals surface area contributed by atoms with Crippen LogP contribution < -0.4 is 0 Å². The van der Waals surface area contributed by atoms with Crippen molar-refractivity contribution in [2.24, 2.45) is 5.92 Å². The molecule has 120 valence electrons. The summed E-state index contributed by atoms with van der Waals surface area (Å²) in [6.45, 7) is 3.91. The van der Waals surface area contributed by atoms with Crippen molar-refractivity contribution in [3.63, 3.8) is 0 Å². The van der Waals surface area contributed by atoms with E-state index < -0.39 is 5.97 Å². The van der Waals surface area contributed by atoms with E-state index in [1.165, 1.54) is 18.9 Å². The van der Waals surface area contributed by atoms with Gasteiger partial charge in [-0.05, 0) is 32.1 Å². The minimum absolute atomic E-state index is 0.109. The molecule has 2 heterocycles. The van der Waals surface area contributed by atoms with Gasteiger partial charge in [0.15, 0.2) is 5.76 Å². The molecule has 1 aliphatic carbocycles. The van der Waals surface area contributed by atoms with Crippen molar-refractivity contribution in [3.8, 4) is 0 Å². The molecule has 22 heavy (non-hydrogen) atoms. The van der Waals surface area contributed by atoms with Gasteiger partial charge in [0, 0.05) is 24.6 Å². The second-order valence-electron chi connectivity index (χ2n) is 6.52. The van der Waals surface area contributed by atoms with Crippen molar-refractivity contribution in [1.82, 2.24) is 4.90 Å². The standard InChI is InChI=1S/C17H23NO4/c1-3-14-12(17(20)21)9-15(22-14)16(19)18-10(2)8-11-6-4-5-7-13(11)18/h9-11,13H,3-8H2,1-2H3,(H,20,21). The van der Waals surface area contributed by atoms with Crippen LogP contribution in [0.3, 0.4) is 0 Å². The molecule has 1 aliphatic heterocycles. The quantitative estimate of drug-likeness (QED) is 0.929. The van der Waals surface area contributed by atoms with Crippen LogP contribution in [0.2, 0.25) is 0 Å². The van der Waals surface area contributed by atoms with Crippen LogP contribution in [0.5, 0.6) is 0 Å². The van der Waals surface area contributed by atoms with E-state index in [9.17, 15) is 14.7 Å². The van der Waals surface area contributed by atoms with Crippen molar-refractivity contribution in [1.29, 1.82) is 0 Å². The fourth-order valence-electron chi connectivity index (χ4n) is 4.16. The fraction of sp³-hybridized carbons (Fsp3) is 0.647. The molecular formula is C17H23NO4. The molecule has 3 unspecified atom stereocenters. The lowest BCUT2D eigenvalue weighted by molar-refractivity contribution is 0.0598. The number of carbonyl (C=O) groups is 2. The summed E-state index contributed by atoms with van der Waals surface area (Å²) in [6, 6.07) is 1.88. The van der Waals surface area contributed by atoms with Gasteiger partial charge < -0.3 is 14.4 Å². The first kappa shape index (κ1) is 15.1. The Kier molecular flexibility index (Phi) is 3.98. The maximum Gasteiger partial charge on any atom is 0.339 e. The Morgan fingerprint density at radius 2 is 2.09 bits per heavy atom. The average Bonchev–Trinajstić information content (AvgIpc) is 3.06. The van der Waals surface area contributed by atoms with E-state index in [4.69, 9.17) is 4.42 Å². The number of hydrogen-bond donors (Lipinski definition) is 1. The molecule has 0 aromatic carbocycles. The highest BCUT2D eigenvalue weighted by molar-refractivity contribution is 5.96. The van der Waals surface area contributed by atoms with Gasteiger partial charge in [-0.25, -0.2) is 4.79 Å². The van der Waals surface area contributed by atoms with Gasteiger partial charge in [0.05, 0.1) is 0 Å². The minimum Gasteiger partial charge on any atom is -0.478 e. The van der Waals surface area contributed by atoms with Crippen LogP contribution in [0.25, 0.3) is 0 Å². The topological polar surface area (TPSA) is 70.8 Å². The van der Waals surface area contributed by atoms with E-state index in [0.717, 1.165) is 19.3 Å². The molecule has 3 atom stereocenters. The van der Waals surface area contributed by atoms with Crippen molar-refractivity contribution < 1.29 is 19.1 Å².